The Morgan fingerprint density at radius 1 is 1.12 bits per heavy atom. The van der Waals surface area contributed by atoms with Crippen molar-refractivity contribution < 1.29 is 9.72 Å². The summed E-state index contributed by atoms with van der Waals surface area (Å²) >= 11 is 0. The van der Waals surface area contributed by atoms with E-state index in [1.54, 1.807) is 19.1 Å². The summed E-state index contributed by atoms with van der Waals surface area (Å²) in [4.78, 5) is 22.8. The topological polar surface area (TPSA) is 84.3 Å². The Morgan fingerprint density at radius 2 is 1.84 bits per heavy atom. The highest BCUT2D eigenvalue weighted by Crippen LogP contribution is 2.28. The van der Waals surface area contributed by atoms with Crippen molar-refractivity contribution >= 4 is 23.0 Å². The molecule has 3 rings (SSSR count). The first-order valence-electron chi connectivity index (χ1n) is 8.45. The molecule has 0 fully saturated rings. The van der Waals surface area contributed by atoms with Crippen LogP contribution in [0.15, 0.2) is 36.4 Å². The third-order valence-electron chi connectivity index (χ3n) is 4.61. The smallest absolute Gasteiger partial charge is 0.274 e. The van der Waals surface area contributed by atoms with Gasteiger partial charge in [-0.05, 0) is 55.9 Å². The largest absolute Gasteiger partial charge is 0.376 e. The third kappa shape index (κ3) is 3.79. The molecule has 0 aromatic heterocycles. The summed E-state index contributed by atoms with van der Waals surface area (Å²) in [6.07, 6.45) is 4.50. The van der Waals surface area contributed by atoms with Crippen LogP contribution in [0.5, 0.6) is 0 Å². The molecule has 25 heavy (non-hydrogen) atoms. The molecule has 0 unspecified atom stereocenters. The SMILES string of the molecule is Cc1c(NC(=O)CNc2cccc3c2CCCC3)cccc1[N+](=O)[O-]. The van der Waals surface area contributed by atoms with E-state index in [0.29, 0.717) is 11.3 Å². The standard InChI is InChI=1S/C19H21N3O3/c1-13-16(9-5-11-18(13)22(24)25)21-19(23)12-20-17-10-4-7-14-6-2-3-8-15(14)17/h4-5,7,9-11,20H,2-3,6,8,12H2,1H3,(H,21,23). The monoisotopic (exact) mass is 339 g/mol. The van der Waals surface area contributed by atoms with Gasteiger partial charge in [-0.15, -0.1) is 0 Å². The number of carbonyl (C=O) groups excluding carboxylic acids is 1. The average Bonchev–Trinajstić information content (AvgIpc) is 2.61. The summed E-state index contributed by atoms with van der Waals surface area (Å²) < 4.78 is 0. The summed E-state index contributed by atoms with van der Waals surface area (Å²) in [6, 6.07) is 10.8. The number of benzene rings is 2. The lowest BCUT2D eigenvalue weighted by Crippen LogP contribution is -2.23. The first-order chi connectivity index (χ1) is 12.1. The molecule has 0 heterocycles. The van der Waals surface area contributed by atoms with Gasteiger partial charge in [-0.3, -0.25) is 14.9 Å². The Hall–Kier alpha value is -2.89. The fourth-order valence-corrected chi connectivity index (χ4v) is 3.27. The number of nitrogens with one attached hydrogen (secondary N) is 2. The maximum atomic E-state index is 12.2. The Balaban J connectivity index is 1.67. The number of nitro groups is 1. The second kappa shape index (κ2) is 7.34. The van der Waals surface area contributed by atoms with Gasteiger partial charge < -0.3 is 10.6 Å². The van der Waals surface area contributed by atoms with Crippen molar-refractivity contribution in [2.24, 2.45) is 0 Å². The maximum absolute atomic E-state index is 12.2. The molecule has 0 radical (unpaired) electrons. The summed E-state index contributed by atoms with van der Waals surface area (Å²) in [5.41, 5.74) is 4.58. The summed E-state index contributed by atoms with van der Waals surface area (Å²) in [5, 5.41) is 16.9. The molecule has 0 aliphatic heterocycles. The van der Waals surface area contributed by atoms with E-state index in [1.807, 2.05) is 12.1 Å². The first-order valence-corrected chi connectivity index (χ1v) is 8.45. The molecule has 1 aliphatic carbocycles. The van der Waals surface area contributed by atoms with E-state index in [-0.39, 0.29) is 18.1 Å². The molecule has 130 valence electrons. The van der Waals surface area contributed by atoms with E-state index < -0.39 is 4.92 Å². The fraction of sp³-hybridized carbons (Fsp3) is 0.316. The molecule has 1 amide bonds. The number of nitro benzene ring substituents is 1. The molecule has 2 aromatic carbocycles. The van der Waals surface area contributed by atoms with Gasteiger partial charge in [-0.2, -0.15) is 0 Å². The minimum absolute atomic E-state index is 0.00267. The van der Waals surface area contributed by atoms with Crippen LogP contribution in [0.25, 0.3) is 0 Å². The molecule has 6 nitrogen and oxygen atoms in total. The molecule has 0 bridgehead atoms. The van der Waals surface area contributed by atoms with Crippen molar-refractivity contribution in [3.63, 3.8) is 0 Å². The minimum atomic E-state index is -0.445. The number of nitrogens with zero attached hydrogens (tertiary/aromatic N) is 1. The van der Waals surface area contributed by atoms with Crippen LogP contribution < -0.4 is 10.6 Å². The van der Waals surface area contributed by atoms with E-state index in [9.17, 15) is 14.9 Å². The second-order valence-electron chi connectivity index (χ2n) is 6.26. The van der Waals surface area contributed by atoms with Gasteiger partial charge in [-0.25, -0.2) is 0 Å². The van der Waals surface area contributed by atoms with Crippen LogP contribution in [0.1, 0.15) is 29.5 Å². The predicted molar refractivity (Wildman–Crippen MR) is 98.0 cm³/mol. The normalized spacial score (nSPS) is 13.0. The zero-order valence-corrected chi connectivity index (χ0v) is 14.2. The van der Waals surface area contributed by atoms with Crippen molar-refractivity contribution in [1.82, 2.24) is 0 Å². The van der Waals surface area contributed by atoms with E-state index in [1.165, 1.54) is 30.0 Å². The van der Waals surface area contributed by atoms with Crippen LogP contribution in [0.2, 0.25) is 0 Å². The molecule has 2 aromatic rings. The summed E-state index contributed by atoms with van der Waals surface area (Å²) in [6.45, 7) is 1.76. The molecular formula is C19H21N3O3. The highest BCUT2D eigenvalue weighted by atomic mass is 16.6. The molecule has 1 aliphatic rings. The van der Waals surface area contributed by atoms with Crippen LogP contribution in [-0.2, 0) is 17.6 Å². The minimum Gasteiger partial charge on any atom is -0.376 e. The van der Waals surface area contributed by atoms with E-state index in [4.69, 9.17) is 0 Å². The van der Waals surface area contributed by atoms with Crippen LogP contribution in [0.3, 0.4) is 0 Å². The third-order valence-corrected chi connectivity index (χ3v) is 4.61. The average molecular weight is 339 g/mol. The van der Waals surface area contributed by atoms with Crippen molar-refractivity contribution in [1.29, 1.82) is 0 Å². The number of rotatable bonds is 5. The van der Waals surface area contributed by atoms with Gasteiger partial charge >= 0.3 is 0 Å². The van der Waals surface area contributed by atoms with E-state index in [0.717, 1.165) is 18.5 Å². The van der Waals surface area contributed by atoms with Crippen molar-refractivity contribution in [3.8, 4) is 0 Å². The van der Waals surface area contributed by atoms with Crippen molar-refractivity contribution in [2.75, 3.05) is 17.2 Å². The van der Waals surface area contributed by atoms with E-state index in [2.05, 4.69) is 16.7 Å². The Morgan fingerprint density at radius 3 is 2.64 bits per heavy atom. The quantitative estimate of drug-likeness (QED) is 0.640. The molecule has 6 heteroatoms. The van der Waals surface area contributed by atoms with Crippen LogP contribution in [-0.4, -0.2) is 17.4 Å². The molecule has 2 N–H and O–H groups in total. The Labute approximate surface area is 146 Å². The Kier molecular flexibility index (Phi) is 4.97. The van der Waals surface area contributed by atoms with Gasteiger partial charge in [0.1, 0.15) is 0 Å². The number of anilines is 2. The zero-order chi connectivity index (χ0) is 17.8. The molecule has 0 saturated carbocycles. The van der Waals surface area contributed by atoms with Gasteiger partial charge in [0.15, 0.2) is 0 Å². The lowest BCUT2D eigenvalue weighted by molar-refractivity contribution is -0.385. The number of hydrogen-bond acceptors (Lipinski definition) is 4. The van der Waals surface area contributed by atoms with Crippen LogP contribution in [0, 0.1) is 17.0 Å². The van der Waals surface area contributed by atoms with Gasteiger partial charge in [0.05, 0.1) is 22.7 Å². The van der Waals surface area contributed by atoms with Gasteiger partial charge in [0.2, 0.25) is 5.91 Å². The van der Waals surface area contributed by atoms with E-state index >= 15 is 0 Å². The lowest BCUT2D eigenvalue weighted by atomic mass is 9.90. The Bertz CT molecular complexity index is 818. The van der Waals surface area contributed by atoms with Crippen LogP contribution >= 0.6 is 0 Å². The molecule has 0 spiro atoms. The van der Waals surface area contributed by atoms with Gasteiger partial charge in [0, 0.05) is 11.8 Å². The number of hydrogen-bond donors (Lipinski definition) is 2. The summed E-state index contributed by atoms with van der Waals surface area (Å²) in [5.74, 6) is -0.225. The predicted octanol–water partition coefficient (Wildman–Crippen LogP) is 3.83. The second-order valence-corrected chi connectivity index (χ2v) is 6.26. The summed E-state index contributed by atoms with van der Waals surface area (Å²) in [7, 11) is 0. The van der Waals surface area contributed by atoms with Crippen LogP contribution in [0.4, 0.5) is 17.1 Å². The highest BCUT2D eigenvalue weighted by molar-refractivity contribution is 5.95. The van der Waals surface area contributed by atoms with Gasteiger partial charge in [0.25, 0.3) is 5.69 Å². The number of fused-ring (bicyclic) bond motifs is 1. The molecular weight excluding hydrogens is 318 g/mol. The molecule has 0 atom stereocenters. The number of aryl methyl sites for hydroxylation is 1. The van der Waals surface area contributed by atoms with Gasteiger partial charge in [-0.1, -0.05) is 18.2 Å². The maximum Gasteiger partial charge on any atom is 0.274 e. The zero-order valence-electron chi connectivity index (χ0n) is 14.2. The first kappa shape index (κ1) is 17.0. The highest BCUT2D eigenvalue weighted by Gasteiger charge is 2.16. The fourth-order valence-electron chi connectivity index (χ4n) is 3.27. The number of carbonyl (C=O) groups is 1. The van der Waals surface area contributed by atoms with Crippen molar-refractivity contribution in [2.45, 2.75) is 32.6 Å². The van der Waals surface area contributed by atoms with Crippen molar-refractivity contribution in [3.05, 3.63) is 63.2 Å². The number of amides is 1. The molecule has 0 saturated heterocycles. The lowest BCUT2D eigenvalue weighted by Gasteiger charge is -2.20.